The maximum absolute atomic E-state index is 12.5. The molecule has 0 bridgehead atoms. The minimum absolute atomic E-state index is 0.0273. The van der Waals surface area contributed by atoms with E-state index < -0.39 is 0 Å². The SMILES string of the molecule is CC(C)(C)c1ccc(C(=O)Nc2ccc(C(=O)NN=Cc3ccc(O)cc3)cc2)cc1. The molecule has 0 unspecified atom stereocenters. The lowest BCUT2D eigenvalue weighted by Crippen LogP contribution is -2.18. The van der Waals surface area contributed by atoms with Gasteiger partial charge in [0.2, 0.25) is 0 Å². The molecule has 0 saturated heterocycles. The second-order valence-electron chi connectivity index (χ2n) is 8.15. The van der Waals surface area contributed by atoms with Crippen LogP contribution in [0.4, 0.5) is 5.69 Å². The molecule has 0 aliphatic heterocycles. The molecule has 3 aromatic rings. The zero-order valence-electron chi connectivity index (χ0n) is 17.7. The Morgan fingerprint density at radius 1 is 0.806 bits per heavy atom. The van der Waals surface area contributed by atoms with E-state index in [0.29, 0.717) is 16.8 Å². The molecular formula is C25H25N3O3. The number of phenols is 1. The van der Waals surface area contributed by atoms with E-state index in [-0.39, 0.29) is 23.0 Å². The molecule has 0 spiro atoms. The molecule has 0 radical (unpaired) electrons. The number of hydrazone groups is 1. The van der Waals surface area contributed by atoms with Crippen LogP contribution in [0.15, 0.2) is 77.9 Å². The number of carbonyl (C=O) groups excluding carboxylic acids is 2. The fraction of sp³-hybridized carbons (Fsp3) is 0.160. The minimum atomic E-state index is -0.370. The van der Waals surface area contributed by atoms with Gasteiger partial charge in [-0.3, -0.25) is 9.59 Å². The molecule has 0 saturated carbocycles. The van der Waals surface area contributed by atoms with Crippen molar-refractivity contribution in [1.82, 2.24) is 5.43 Å². The van der Waals surface area contributed by atoms with Gasteiger partial charge < -0.3 is 10.4 Å². The van der Waals surface area contributed by atoms with Gasteiger partial charge in [0.25, 0.3) is 11.8 Å². The van der Waals surface area contributed by atoms with E-state index in [1.165, 1.54) is 18.3 Å². The van der Waals surface area contributed by atoms with Gasteiger partial charge in [-0.15, -0.1) is 0 Å². The minimum Gasteiger partial charge on any atom is -0.508 e. The van der Waals surface area contributed by atoms with Gasteiger partial charge in [-0.2, -0.15) is 5.10 Å². The maximum Gasteiger partial charge on any atom is 0.271 e. The lowest BCUT2D eigenvalue weighted by molar-refractivity contribution is 0.0954. The van der Waals surface area contributed by atoms with Crippen molar-refractivity contribution in [2.75, 3.05) is 5.32 Å². The predicted octanol–water partition coefficient (Wildman–Crippen LogP) is 4.71. The first kappa shape index (κ1) is 21.8. The third kappa shape index (κ3) is 6.02. The lowest BCUT2D eigenvalue weighted by atomic mass is 9.87. The van der Waals surface area contributed by atoms with Crippen LogP contribution in [-0.2, 0) is 5.41 Å². The third-order valence-electron chi connectivity index (χ3n) is 4.69. The van der Waals surface area contributed by atoms with Gasteiger partial charge in [0.1, 0.15) is 5.75 Å². The van der Waals surface area contributed by atoms with E-state index in [9.17, 15) is 14.7 Å². The van der Waals surface area contributed by atoms with E-state index in [2.05, 4.69) is 36.6 Å². The molecule has 31 heavy (non-hydrogen) atoms. The van der Waals surface area contributed by atoms with Crippen LogP contribution in [-0.4, -0.2) is 23.1 Å². The smallest absolute Gasteiger partial charge is 0.271 e. The second kappa shape index (κ2) is 9.26. The van der Waals surface area contributed by atoms with Crippen LogP contribution in [0, 0.1) is 0 Å². The van der Waals surface area contributed by atoms with E-state index >= 15 is 0 Å². The number of aromatic hydroxyl groups is 1. The van der Waals surface area contributed by atoms with Crippen molar-refractivity contribution in [3.63, 3.8) is 0 Å². The Morgan fingerprint density at radius 3 is 1.94 bits per heavy atom. The number of hydrogen-bond acceptors (Lipinski definition) is 4. The lowest BCUT2D eigenvalue weighted by Gasteiger charge is -2.19. The van der Waals surface area contributed by atoms with Crippen molar-refractivity contribution in [3.05, 3.63) is 95.1 Å². The number of carbonyl (C=O) groups is 2. The summed E-state index contributed by atoms with van der Waals surface area (Å²) in [5.74, 6) is -0.419. The van der Waals surface area contributed by atoms with Crippen molar-refractivity contribution in [1.29, 1.82) is 0 Å². The number of benzene rings is 3. The highest BCUT2D eigenvalue weighted by Crippen LogP contribution is 2.22. The molecule has 3 rings (SSSR count). The standard InChI is InChI=1S/C25H25N3O3/c1-25(2,3)20-10-6-18(7-11-20)23(30)27-21-12-8-19(9-13-21)24(31)28-26-16-17-4-14-22(29)15-5-17/h4-16,29H,1-3H3,(H,27,30)(H,28,31). The highest BCUT2D eigenvalue weighted by molar-refractivity contribution is 6.04. The molecule has 3 aromatic carbocycles. The molecule has 0 aliphatic carbocycles. The van der Waals surface area contributed by atoms with Crippen LogP contribution in [0.5, 0.6) is 5.75 Å². The quantitative estimate of drug-likeness (QED) is 0.416. The monoisotopic (exact) mass is 415 g/mol. The normalized spacial score (nSPS) is 11.3. The maximum atomic E-state index is 12.5. The van der Waals surface area contributed by atoms with Crippen molar-refractivity contribution >= 4 is 23.7 Å². The van der Waals surface area contributed by atoms with Crippen LogP contribution in [0.2, 0.25) is 0 Å². The van der Waals surface area contributed by atoms with Crippen molar-refractivity contribution in [2.45, 2.75) is 26.2 Å². The Bertz CT molecular complexity index is 1080. The molecule has 0 fully saturated rings. The molecule has 6 nitrogen and oxygen atoms in total. The summed E-state index contributed by atoms with van der Waals surface area (Å²) in [6.07, 6.45) is 1.48. The zero-order chi connectivity index (χ0) is 22.4. The number of phenolic OH excluding ortho intramolecular Hbond substituents is 1. The Hall–Kier alpha value is -3.93. The Morgan fingerprint density at radius 2 is 1.35 bits per heavy atom. The van der Waals surface area contributed by atoms with Gasteiger partial charge in [0.05, 0.1) is 6.21 Å². The molecule has 0 aliphatic rings. The van der Waals surface area contributed by atoms with Crippen LogP contribution < -0.4 is 10.7 Å². The predicted molar refractivity (Wildman–Crippen MR) is 123 cm³/mol. The fourth-order valence-electron chi connectivity index (χ4n) is 2.82. The molecule has 6 heteroatoms. The van der Waals surface area contributed by atoms with Gasteiger partial charge in [-0.25, -0.2) is 5.43 Å². The first-order valence-electron chi connectivity index (χ1n) is 9.87. The Balaban J connectivity index is 1.57. The van der Waals surface area contributed by atoms with E-state index in [1.54, 1.807) is 36.4 Å². The van der Waals surface area contributed by atoms with Gasteiger partial charge in [-0.05, 0) is 77.2 Å². The second-order valence-corrected chi connectivity index (χ2v) is 8.15. The number of hydrogen-bond donors (Lipinski definition) is 3. The van der Waals surface area contributed by atoms with E-state index in [0.717, 1.165) is 11.1 Å². The number of nitrogens with zero attached hydrogens (tertiary/aromatic N) is 1. The molecule has 0 atom stereocenters. The first-order chi connectivity index (χ1) is 14.7. The number of anilines is 1. The van der Waals surface area contributed by atoms with Crippen LogP contribution >= 0.6 is 0 Å². The van der Waals surface area contributed by atoms with E-state index in [4.69, 9.17) is 0 Å². The highest BCUT2D eigenvalue weighted by Gasteiger charge is 2.14. The van der Waals surface area contributed by atoms with Gasteiger partial charge in [0.15, 0.2) is 0 Å². The number of amides is 2. The van der Waals surface area contributed by atoms with Gasteiger partial charge in [0, 0.05) is 16.8 Å². The molecular weight excluding hydrogens is 390 g/mol. The fourth-order valence-corrected chi connectivity index (χ4v) is 2.82. The summed E-state index contributed by atoms with van der Waals surface area (Å²) >= 11 is 0. The Kier molecular flexibility index (Phi) is 6.50. The van der Waals surface area contributed by atoms with E-state index in [1.807, 2.05) is 24.3 Å². The molecule has 0 heterocycles. The zero-order valence-corrected chi connectivity index (χ0v) is 17.7. The molecule has 0 aromatic heterocycles. The third-order valence-corrected chi connectivity index (χ3v) is 4.69. The number of nitrogens with one attached hydrogen (secondary N) is 2. The summed E-state index contributed by atoms with van der Waals surface area (Å²) < 4.78 is 0. The topological polar surface area (TPSA) is 90.8 Å². The summed E-state index contributed by atoms with van der Waals surface area (Å²) in [6, 6.07) is 20.5. The average Bonchev–Trinajstić information content (AvgIpc) is 2.75. The summed E-state index contributed by atoms with van der Waals surface area (Å²) in [4.78, 5) is 24.7. The molecule has 2 amide bonds. The molecule has 158 valence electrons. The largest absolute Gasteiger partial charge is 0.508 e. The van der Waals surface area contributed by atoms with Gasteiger partial charge in [-0.1, -0.05) is 32.9 Å². The first-order valence-corrected chi connectivity index (χ1v) is 9.87. The van der Waals surface area contributed by atoms with Crippen LogP contribution in [0.25, 0.3) is 0 Å². The highest BCUT2D eigenvalue weighted by atomic mass is 16.3. The van der Waals surface area contributed by atoms with Crippen LogP contribution in [0.1, 0.15) is 52.6 Å². The number of rotatable bonds is 5. The molecule has 3 N–H and O–H groups in total. The summed E-state index contributed by atoms with van der Waals surface area (Å²) in [6.45, 7) is 6.37. The van der Waals surface area contributed by atoms with Crippen molar-refractivity contribution < 1.29 is 14.7 Å². The summed E-state index contributed by atoms with van der Waals surface area (Å²) in [5, 5.41) is 16.0. The summed E-state index contributed by atoms with van der Waals surface area (Å²) in [7, 11) is 0. The van der Waals surface area contributed by atoms with Crippen LogP contribution in [0.3, 0.4) is 0 Å². The Labute approximate surface area is 181 Å². The average molecular weight is 415 g/mol. The van der Waals surface area contributed by atoms with Gasteiger partial charge >= 0.3 is 0 Å². The van der Waals surface area contributed by atoms with Crippen molar-refractivity contribution in [3.8, 4) is 5.75 Å². The van der Waals surface area contributed by atoms with Crippen molar-refractivity contribution in [2.24, 2.45) is 5.10 Å². The summed E-state index contributed by atoms with van der Waals surface area (Å²) in [5.41, 5.74) is 5.95.